The third kappa shape index (κ3) is 2.29. The largest absolute Gasteiger partial charge is 0.307 e. The van der Waals surface area contributed by atoms with Crippen LogP contribution in [0, 0.1) is 0 Å². The van der Waals surface area contributed by atoms with Crippen LogP contribution in [0.3, 0.4) is 0 Å². The van der Waals surface area contributed by atoms with Crippen LogP contribution in [-0.4, -0.2) is 5.54 Å². The molecule has 98 valence electrons. The van der Waals surface area contributed by atoms with E-state index in [1.54, 1.807) is 0 Å². The van der Waals surface area contributed by atoms with Gasteiger partial charge in [-0.05, 0) is 42.7 Å². The molecule has 0 aliphatic carbocycles. The van der Waals surface area contributed by atoms with Crippen molar-refractivity contribution in [1.82, 2.24) is 5.32 Å². The third-order valence-electron chi connectivity index (χ3n) is 4.03. The van der Waals surface area contributed by atoms with Crippen molar-refractivity contribution in [3.63, 3.8) is 0 Å². The second-order valence-electron chi connectivity index (χ2n) is 5.76. The van der Waals surface area contributed by atoms with Crippen LogP contribution in [0.5, 0.6) is 0 Å². The average Bonchev–Trinajstić information content (AvgIpc) is 2.40. The van der Waals surface area contributed by atoms with Crippen molar-refractivity contribution in [2.45, 2.75) is 31.8 Å². The Kier molecular flexibility index (Phi) is 3.12. The van der Waals surface area contributed by atoms with Crippen molar-refractivity contribution in [3.05, 3.63) is 70.2 Å². The molecule has 1 atom stereocenters. The fourth-order valence-electron chi connectivity index (χ4n) is 3.04. The van der Waals surface area contributed by atoms with Crippen molar-refractivity contribution in [2.75, 3.05) is 0 Å². The Labute approximate surface area is 119 Å². The van der Waals surface area contributed by atoms with Crippen LogP contribution in [0.4, 0.5) is 0 Å². The Balaban J connectivity index is 2.13. The quantitative estimate of drug-likeness (QED) is 0.813. The molecule has 0 aromatic heterocycles. The van der Waals surface area contributed by atoms with Gasteiger partial charge in [-0.25, -0.2) is 0 Å². The molecule has 2 heteroatoms. The Hall–Kier alpha value is -1.31. The van der Waals surface area contributed by atoms with Gasteiger partial charge in [-0.3, -0.25) is 0 Å². The second kappa shape index (κ2) is 4.66. The lowest BCUT2D eigenvalue weighted by Gasteiger charge is -2.41. The van der Waals surface area contributed by atoms with Crippen LogP contribution < -0.4 is 5.32 Å². The third-order valence-corrected chi connectivity index (χ3v) is 4.28. The van der Waals surface area contributed by atoms with Crippen LogP contribution in [0.2, 0.25) is 5.02 Å². The smallest absolute Gasteiger partial charge is 0.0406 e. The van der Waals surface area contributed by atoms with E-state index >= 15 is 0 Å². The monoisotopic (exact) mass is 271 g/mol. The van der Waals surface area contributed by atoms with E-state index in [1.165, 1.54) is 16.7 Å². The first kappa shape index (κ1) is 12.7. The molecule has 1 N–H and O–H groups in total. The van der Waals surface area contributed by atoms with Crippen molar-refractivity contribution >= 4 is 11.6 Å². The molecule has 0 fully saturated rings. The summed E-state index contributed by atoms with van der Waals surface area (Å²) in [5.41, 5.74) is 4.17. The summed E-state index contributed by atoms with van der Waals surface area (Å²) in [5.74, 6) is 0.356. The summed E-state index contributed by atoms with van der Waals surface area (Å²) in [5, 5.41) is 4.44. The molecule has 0 bridgehead atoms. The highest BCUT2D eigenvalue weighted by Crippen LogP contribution is 2.39. The Bertz CT molecular complexity index is 586. The summed E-state index contributed by atoms with van der Waals surface area (Å²) < 4.78 is 0. The average molecular weight is 272 g/mol. The first-order valence-electron chi connectivity index (χ1n) is 6.66. The molecule has 2 aromatic rings. The number of benzene rings is 2. The summed E-state index contributed by atoms with van der Waals surface area (Å²) in [6.07, 6.45) is 0. The van der Waals surface area contributed by atoms with Gasteiger partial charge in [0, 0.05) is 23.0 Å². The molecule has 0 saturated carbocycles. The zero-order valence-corrected chi connectivity index (χ0v) is 12.0. The fraction of sp³-hybridized carbons (Fsp3) is 0.294. The van der Waals surface area contributed by atoms with Crippen LogP contribution >= 0.6 is 11.6 Å². The summed E-state index contributed by atoms with van der Waals surface area (Å²) in [4.78, 5) is 0. The molecular formula is C17H18ClN. The molecule has 1 nitrogen and oxygen atoms in total. The van der Waals surface area contributed by atoms with Crippen molar-refractivity contribution < 1.29 is 0 Å². The normalized spacial score (nSPS) is 20.9. The highest BCUT2D eigenvalue weighted by molar-refractivity contribution is 6.30. The predicted molar refractivity (Wildman–Crippen MR) is 80.7 cm³/mol. The molecule has 1 heterocycles. The van der Waals surface area contributed by atoms with Gasteiger partial charge in [-0.2, -0.15) is 0 Å². The Morgan fingerprint density at radius 2 is 1.74 bits per heavy atom. The number of nitrogens with one attached hydrogen (secondary N) is 1. The van der Waals surface area contributed by atoms with E-state index in [0.29, 0.717) is 5.92 Å². The summed E-state index contributed by atoms with van der Waals surface area (Å²) in [6, 6.07) is 16.9. The van der Waals surface area contributed by atoms with Gasteiger partial charge in [0.15, 0.2) is 0 Å². The van der Waals surface area contributed by atoms with Crippen LogP contribution in [0.1, 0.15) is 36.5 Å². The molecule has 0 amide bonds. The molecule has 1 aliphatic heterocycles. The lowest BCUT2D eigenvalue weighted by Crippen LogP contribution is -2.48. The zero-order valence-electron chi connectivity index (χ0n) is 11.3. The van der Waals surface area contributed by atoms with E-state index < -0.39 is 0 Å². The van der Waals surface area contributed by atoms with E-state index in [9.17, 15) is 0 Å². The van der Waals surface area contributed by atoms with Gasteiger partial charge < -0.3 is 5.32 Å². The first-order valence-corrected chi connectivity index (χ1v) is 7.04. The molecule has 2 aromatic carbocycles. The number of rotatable bonds is 1. The maximum atomic E-state index is 6.01. The standard InChI is InChI=1S/C17H18ClN/c1-17(2)16(12-7-9-14(18)10-8-12)15-6-4-3-5-13(15)11-19-17/h3-10,16,19H,11H2,1-2H3. The van der Waals surface area contributed by atoms with Crippen molar-refractivity contribution in [2.24, 2.45) is 0 Å². The lowest BCUT2D eigenvalue weighted by molar-refractivity contribution is 0.323. The molecule has 1 aliphatic rings. The van der Waals surface area contributed by atoms with Crippen molar-refractivity contribution in [3.8, 4) is 0 Å². The van der Waals surface area contributed by atoms with Crippen LogP contribution in [-0.2, 0) is 6.54 Å². The van der Waals surface area contributed by atoms with Gasteiger partial charge in [0.25, 0.3) is 0 Å². The summed E-state index contributed by atoms with van der Waals surface area (Å²) in [6.45, 7) is 5.47. The van der Waals surface area contributed by atoms with Gasteiger partial charge in [0.05, 0.1) is 0 Å². The van der Waals surface area contributed by atoms with Gasteiger partial charge in [0.1, 0.15) is 0 Å². The van der Waals surface area contributed by atoms with Crippen molar-refractivity contribution in [1.29, 1.82) is 0 Å². The van der Waals surface area contributed by atoms with E-state index in [-0.39, 0.29) is 5.54 Å². The zero-order chi connectivity index (χ0) is 13.5. The van der Waals surface area contributed by atoms with Crippen LogP contribution in [0.15, 0.2) is 48.5 Å². The molecule has 0 radical (unpaired) electrons. The highest BCUT2D eigenvalue weighted by Gasteiger charge is 2.36. The van der Waals surface area contributed by atoms with Gasteiger partial charge in [-0.1, -0.05) is 48.0 Å². The second-order valence-corrected chi connectivity index (χ2v) is 6.20. The van der Waals surface area contributed by atoms with Gasteiger partial charge >= 0.3 is 0 Å². The SMILES string of the molecule is CC1(C)NCc2ccccc2C1c1ccc(Cl)cc1. The predicted octanol–water partition coefficient (Wildman–Crippen LogP) is 4.35. The molecular weight excluding hydrogens is 254 g/mol. The molecule has 0 saturated heterocycles. The molecule has 3 rings (SSSR count). The number of hydrogen-bond donors (Lipinski definition) is 1. The number of halogens is 1. The minimum absolute atomic E-state index is 0.0438. The van der Waals surface area contributed by atoms with Gasteiger partial charge in [0.2, 0.25) is 0 Å². The minimum atomic E-state index is 0.0438. The molecule has 19 heavy (non-hydrogen) atoms. The van der Waals surface area contributed by atoms with E-state index in [1.807, 2.05) is 12.1 Å². The highest BCUT2D eigenvalue weighted by atomic mass is 35.5. The maximum absolute atomic E-state index is 6.01. The minimum Gasteiger partial charge on any atom is -0.307 e. The lowest BCUT2D eigenvalue weighted by atomic mass is 9.73. The topological polar surface area (TPSA) is 12.0 Å². The number of hydrogen-bond acceptors (Lipinski definition) is 1. The molecule has 1 unspecified atom stereocenters. The van der Waals surface area contributed by atoms with Gasteiger partial charge in [-0.15, -0.1) is 0 Å². The first-order chi connectivity index (χ1) is 9.08. The van der Waals surface area contributed by atoms with E-state index in [4.69, 9.17) is 11.6 Å². The summed E-state index contributed by atoms with van der Waals surface area (Å²) >= 11 is 6.01. The maximum Gasteiger partial charge on any atom is 0.0406 e. The van der Waals surface area contributed by atoms with E-state index in [0.717, 1.165) is 11.6 Å². The number of fused-ring (bicyclic) bond motifs is 1. The molecule has 0 spiro atoms. The van der Waals surface area contributed by atoms with E-state index in [2.05, 4.69) is 55.6 Å². The Morgan fingerprint density at radius 1 is 1.05 bits per heavy atom. The summed E-state index contributed by atoms with van der Waals surface area (Å²) in [7, 11) is 0. The Morgan fingerprint density at radius 3 is 2.47 bits per heavy atom. The fourth-order valence-corrected chi connectivity index (χ4v) is 3.17. The van der Waals surface area contributed by atoms with Crippen LogP contribution in [0.25, 0.3) is 0 Å².